The Morgan fingerprint density at radius 1 is 1.29 bits per heavy atom. The monoisotopic (exact) mass is 353 g/mol. The van der Waals surface area contributed by atoms with Gasteiger partial charge in [0.15, 0.2) is 6.61 Å². The summed E-state index contributed by atoms with van der Waals surface area (Å²) in [5.74, 6) is -1.35. The number of ether oxygens (including phenoxy) is 2. The second-order valence-corrected chi connectivity index (χ2v) is 4.89. The van der Waals surface area contributed by atoms with E-state index in [1.165, 1.54) is 13.2 Å². The number of hydrogen-bond donors (Lipinski definition) is 3. The number of H-pyrrole nitrogens is 2. The summed E-state index contributed by atoms with van der Waals surface area (Å²) < 4.78 is 9.78. The van der Waals surface area contributed by atoms with Crippen LogP contribution in [0.3, 0.4) is 0 Å². The molecule has 1 aromatic carbocycles. The molecule has 0 aliphatic carbocycles. The SMILES string of the molecule is COc1ccc(Cl)cc1NC(=O)COC(=O)c1c[nH]c(=O)[nH]c1=O. The van der Waals surface area contributed by atoms with Crippen molar-refractivity contribution in [3.05, 3.63) is 55.8 Å². The molecule has 0 fully saturated rings. The lowest BCUT2D eigenvalue weighted by Crippen LogP contribution is -2.29. The topological polar surface area (TPSA) is 130 Å². The first-order valence-electron chi connectivity index (χ1n) is 6.53. The molecule has 0 saturated heterocycles. The Morgan fingerprint density at radius 2 is 2.04 bits per heavy atom. The van der Waals surface area contributed by atoms with Gasteiger partial charge in [-0.25, -0.2) is 9.59 Å². The first kappa shape index (κ1) is 17.3. The minimum Gasteiger partial charge on any atom is -0.495 e. The molecule has 1 amide bonds. The van der Waals surface area contributed by atoms with E-state index in [1.54, 1.807) is 12.1 Å². The fraction of sp³-hybridized carbons (Fsp3) is 0.143. The quantitative estimate of drug-likeness (QED) is 0.672. The highest BCUT2D eigenvalue weighted by molar-refractivity contribution is 6.31. The third kappa shape index (κ3) is 4.23. The molecule has 126 valence electrons. The molecule has 0 spiro atoms. The van der Waals surface area contributed by atoms with Crippen LogP contribution >= 0.6 is 11.6 Å². The van der Waals surface area contributed by atoms with E-state index in [0.717, 1.165) is 6.20 Å². The van der Waals surface area contributed by atoms with Crippen LogP contribution in [-0.4, -0.2) is 35.6 Å². The minimum absolute atomic E-state index is 0.299. The van der Waals surface area contributed by atoms with Crippen molar-refractivity contribution in [2.24, 2.45) is 0 Å². The standard InChI is InChI=1S/C14H12ClN3O6/c1-23-10-3-2-7(15)4-9(10)17-11(19)6-24-13(21)8-5-16-14(22)18-12(8)20/h2-5H,6H2,1H3,(H,17,19)(H2,16,18,20,22). The third-order valence-electron chi connectivity index (χ3n) is 2.81. The molecule has 0 atom stereocenters. The lowest BCUT2D eigenvalue weighted by molar-refractivity contribution is -0.119. The maximum Gasteiger partial charge on any atom is 0.345 e. The van der Waals surface area contributed by atoms with Crippen LogP contribution in [0.2, 0.25) is 5.02 Å². The highest BCUT2D eigenvalue weighted by Crippen LogP contribution is 2.27. The summed E-state index contributed by atoms with van der Waals surface area (Å²) in [5.41, 5.74) is -1.81. The molecule has 0 unspecified atom stereocenters. The van der Waals surface area contributed by atoms with Gasteiger partial charge in [0.1, 0.15) is 11.3 Å². The summed E-state index contributed by atoms with van der Waals surface area (Å²) in [4.78, 5) is 49.9. The molecule has 0 bridgehead atoms. The molecular weight excluding hydrogens is 342 g/mol. The number of rotatable bonds is 5. The van der Waals surface area contributed by atoms with Crippen LogP contribution in [0.5, 0.6) is 5.75 Å². The zero-order valence-corrected chi connectivity index (χ0v) is 13.1. The van der Waals surface area contributed by atoms with E-state index in [0.29, 0.717) is 16.5 Å². The maximum absolute atomic E-state index is 11.8. The third-order valence-corrected chi connectivity index (χ3v) is 3.04. The van der Waals surface area contributed by atoms with Crippen LogP contribution in [0.1, 0.15) is 10.4 Å². The van der Waals surface area contributed by atoms with Crippen molar-refractivity contribution < 1.29 is 19.1 Å². The maximum atomic E-state index is 11.8. The Balaban J connectivity index is 2.01. The number of halogens is 1. The van der Waals surface area contributed by atoms with Gasteiger partial charge in [-0.2, -0.15) is 0 Å². The summed E-state index contributed by atoms with van der Waals surface area (Å²) in [6.45, 7) is -0.646. The number of benzene rings is 1. The number of amides is 1. The first-order chi connectivity index (χ1) is 11.4. The fourth-order valence-electron chi connectivity index (χ4n) is 1.73. The molecular formula is C14H12ClN3O6. The van der Waals surface area contributed by atoms with Crippen molar-refractivity contribution in [1.82, 2.24) is 9.97 Å². The van der Waals surface area contributed by atoms with Crippen LogP contribution in [0, 0.1) is 0 Å². The van der Waals surface area contributed by atoms with Gasteiger partial charge in [-0.3, -0.25) is 14.6 Å². The van der Waals surface area contributed by atoms with Gasteiger partial charge in [0.2, 0.25) is 0 Å². The number of esters is 1. The second-order valence-electron chi connectivity index (χ2n) is 4.45. The van der Waals surface area contributed by atoms with Gasteiger partial charge >= 0.3 is 11.7 Å². The van der Waals surface area contributed by atoms with Gasteiger partial charge in [-0.15, -0.1) is 0 Å². The van der Waals surface area contributed by atoms with E-state index in [-0.39, 0.29) is 0 Å². The molecule has 0 radical (unpaired) electrons. The van der Waals surface area contributed by atoms with Crippen molar-refractivity contribution in [3.63, 3.8) is 0 Å². The molecule has 2 rings (SSSR count). The second kappa shape index (κ2) is 7.47. The van der Waals surface area contributed by atoms with Crippen LogP contribution in [0.15, 0.2) is 34.0 Å². The normalized spacial score (nSPS) is 10.1. The van der Waals surface area contributed by atoms with Crippen molar-refractivity contribution in [3.8, 4) is 5.75 Å². The largest absolute Gasteiger partial charge is 0.495 e. The number of aromatic amines is 2. The van der Waals surface area contributed by atoms with Gasteiger partial charge in [0.05, 0.1) is 12.8 Å². The van der Waals surface area contributed by atoms with Gasteiger partial charge < -0.3 is 19.8 Å². The summed E-state index contributed by atoms with van der Waals surface area (Å²) in [5, 5.41) is 2.84. The van der Waals surface area contributed by atoms with Gasteiger partial charge in [-0.1, -0.05) is 11.6 Å². The molecule has 1 heterocycles. The lowest BCUT2D eigenvalue weighted by atomic mass is 10.3. The highest BCUT2D eigenvalue weighted by atomic mass is 35.5. The molecule has 10 heteroatoms. The number of anilines is 1. The molecule has 0 saturated carbocycles. The molecule has 0 aliphatic rings. The molecule has 3 N–H and O–H groups in total. The Morgan fingerprint density at radius 3 is 2.71 bits per heavy atom. The van der Waals surface area contributed by atoms with Gasteiger partial charge in [-0.05, 0) is 18.2 Å². The molecule has 1 aromatic heterocycles. The lowest BCUT2D eigenvalue weighted by Gasteiger charge is -2.10. The van der Waals surface area contributed by atoms with E-state index >= 15 is 0 Å². The number of aromatic nitrogens is 2. The summed E-state index contributed by atoms with van der Waals surface area (Å²) in [7, 11) is 1.42. The van der Waals surface area contributed by atoms with Gasteiger partial charge in [0.25, 0.3) is 11.5 Å². The Kier molecular flexibility index (Phi) is 5.38. The molecule has 0 aliphatic heterocycles. The van der Waals surface area contributed by atoms with E-state index in [2.05, 4.69) is 10.3 Å². The van der Waals surface area contributed by atoms with Crippen molar-refractivity contribution in [2.45, 2.75) is 0 Å². The van der Waals surface area contributed by atoms with Crippen LogP contribution in [-0.2, 0) is 9.53 Å². The van der Waals surface area contributed by atoms with Gasteiger partial charge in [0, 0.05) is 11.2 Å². The van der Waals surface area contributed by atoms with Crippen molar-refractivity contribution in [1.29, 1.82) is 0 Å². The van der Waals surface area contributed by atoms with E-state index in [9.17, 15) is 19.2 Å². The fourth-order valence-corrected chi connectivity index (χ4v) is 1.91. The zero-order chi connectivity index (χ0) is 17.7. The predicted octanol–water partition coefficient (Wildman–Crippen LogP) is 0.521. The average molecular weight is 354 g/mol. The number of carbonyl (C=O) groups is 2. The van der Waals surface area contributed by atoms with Crippen molar-refractivity contribution >= 4 is 29.2 Å². The van der Waals surface area contributed by atoms with Crippen LogP contribution < -0.4 is 21.3 Å². The Hall–Kier alpha value is -3.07. The molecule has 2 aromatic rings. The highest BCUT2D eigenvalue weighted by Gasteiger charge is 2.15. The molecule has 9 nitrogen and oxygen atoms in total. The van der Waals surface area contributed by atoms with E-state index in [1.807, 2.05) is 4.98 Å². The van der Waals surface area contributed by atoms with E-state index in [4.69, 9.17) is 21.1 Å². The van der Waals surface area contributed by atoms with E-state index < -0.39 is 35.3 Å². The van der Waals surface area contributed by atoms with Crippen LogP contribution in [0.25, 0.3) is 0 Å². The number of carbonyl (C=O) groups excluding carboxylic acids is 2. The number of hydrogen-bond acceptors (Lipinski definition) is 6. The first-order valence-corrected chi connectivity index (χ1v) is 6.91. The summed E-state index contributed by atoms with van der Waals surface area (Å²) in [6, 6.07) is 4.61. The van der Waals surface area contributed by atoms with Crippen molar-refractivity contribution in [2.75, 3.05) is 19.0 Å². The predicted molar refractivity (Wildman–Crippen MR) is 84.6 cm³/mol. The minimum atomic E-state index is -1.05. The number of methoxy groups -OCH3 is 1. The number of nitrogens with one attached hydrogen (secondary N) is 3. The summed E-state index contributed by atoms with van der Waals surface area (Å²) >= 11 is 5.84. The Labute approximate surface area is 139 Å². The molecule has 24 heavy (non-hydrogen) atoms. The summed E-state index contributed by atoms with van der Waals surface area (Å²) in [6.07, 6.45) is 0.904. The average Bonchev–Trinajstić information content (AvgIpc) is 2.53. The zero-order valence-electron chi connectivity index (χ0n) is 12.3. The van der Waals surface area contributed by atoms with Crippen LogP contribution in [0.4, 0.5) is 5.69 Å². The Bertz CT molecular complexity index is 889. The smallest absolute Gasteiger partial charge is 0.345 e.